The van der Waals surface area contributed by atoms with Crippen LogP contribution in [0.4, 0.5) is 0 Å². The van der Waals surface area contributed by atoms with Gasteiger partial charge >= 0.3 is 0 Å². The molecule has 4 N–H and O–H groups in total. The molecule has 17 heavy (non-hydrogen) atoms. The van der Waals surface area contributed by atoms with Crippen molar-refractivity contribution in [3.05, 3.63) is 11.3 Å². The Hall–Kier alpha value is -0.960. The number of aromatic amines is 1. The van der Waals surface area contributed by atoms with E-state index in [1.54, 1.807) is 14.0 Å². The van der Waals surface area contributed by atoms with Crippen LogP contribution in [0.5, 0.6) is 0 Å². The fraction of sp³-hybridized carbons (Fsp3) is 0.667. The minimum absolute atomic E-state index is 0.0186. The van der Waals surface area contributed by atoms with E-state index < -0.39 is 10.0 Å². The molecule has 0 spiro atoms. The van der Waals surface area contributed by atoms with E-state index in [-0.39, 0.29) is 11.6 Å². The topological polar surface area (TPSA) is 110 Å². The highest BCUT2D eigenvalue weighted by Gasteiger charge is 2.22. The molecule has 0 unspecified atom stereocenters. The number of hydrogen-bond acceptors (Lipinski definition) is 5. The lowest BCUT2D eigenvalue weighted by Gasteiger charge is -2.05. The van der Waals surface area contributed by atoms with Crippen LogP contribution in [0, 0.1) is 6.92 Å². The van der Waals surface area contributed by atoms with Crippen LogP contribution < -0.4 is 10.5 Å². The van der Waals surface area contributed by atoms with E-state index in [1.807, 2.05) is 0 Å². The number of aryl methyl sites for hydroxylation is 1. The van der Waals surface area contributed by atoms with E-state index in [1.165, 1.54) is 0 Å². The lowest BCUT2D eigenvalue weighted by atomic mass is 10.3. The van der Waals surface area contributed by atoms with Crippen molar-refractivity contribution in [1.29, 1.82) is 0 Å². The summed E-state index contributed by atoms with van der Waals surface area (Å²) in [6.45, 7) is 2.69. The second-order valence-corrected chi connectivity index (χ2v) is 5.26. The number of sulfonamides is 1. The maximum absolute atomic E-state index is 11.9. The monoisotopic (exact) mass is 262 g/mol. The lowest BCUT2D eigenvalue weighted by Crippen LogP contribution is -2.27. The van der Waals surface area contributed by atoms with E-state index in [0.717, 1.165) is 0 Å². The summed E-state index contributed by atoms with van der Waals surface area (Å²) in [5.74, 6) is 0. The summed E-state index contributed by atoms with van der Waals surface area (Å²) in [5.41, 5.74) is 6.69. The molecule has 0 bridgehead atoms. The molecule has 0 saturated carbocycles. The smallest absolute Gasteiger partial charge is 0.260 e. The zero-order chi connectivity index (χ0) is 12.9. The summed E-state index contributed by atoms with van der Waals surface area (Å²) in [6.07, 6.45) is 0.608. The molecular weight excluding hydrogens is 244 g/mol. The van der Waals surface area contributed by atoms with E-state index in [2.05, 4.69) is 14.9 Å². The molecule has 1 aromatic rings. The van der Waals surface area contributed by atoms with Crippen molar-refractivity contribution >= 4 is 10.0 Å². The van der Waals surface area contributed by atoms with Crippen molar-refractivity contribution in [3.63, 3.8) is 0 Å². The first-order valence-electron chi connectivity index (χ1n) is 5.25. The first-order chi connectivity index (χ1) is 8.03. The fourth-order valence-electron chi connectivity index (χ4n) is 1.38. The number of rotatable bonds is 7. The van der Waals surface area contributed by atoms with Crippen LogP contribution in [0.3, 0.4) is 0 Å². The van der Waals surface area contributed by atoms with E-state index in [4.69, 9.17) is 10.5 Å². The summed E-state index contributed by atoms with van der Waals surface area (Å²) in [7, 11) is -2.02. The third-order valence-corrected chi connectivity index (χ3v) is 3.74. The Labute approximate surface area is 101 Å². The van der Waals surface area contributed by atoms with Gasteiger partial charge in [-0.05, 0) is 13.3 Å². The van der Waals surface area contributed by atoms with Gasteiger partial charge in [-0.3, -0.25) is 5.10 Å². The summed E-state index contributed by atoms with van der Waals surface area (Å²) >= 11 is 0. The van der Waals surface area contributed by atoms with Gasteiger partial charge in [-0.25, -0.2) is 13.1 Å². The molecule has 0 amide bonds. The molecule has 0 saturated heterocycles. The number of aromatic nitrogens is 2. The molecule has 8 heteroatoms. The maximum Gasteiger partial charge on any atom is 0.260 e. The average Bonchev–Trinajstić information content (AvgIpc) is 2.66. The first kappa shape index (κ1) is 14.1. The van der Waals surface area contributed by atoms with Crippen LogP contribution >= 0.6 is 0 Å². The number of nitrogens with one attached hydrogen (secondary N) is 2. The molecule has 1 aromatic heterocycles. The maximum atomic E-state index is 11.9. The average molecular weight is 262 g/mol. The Kier molecular flexibility index (Phi) is 5.06. The van der Waals surface area contributed by atoms with E-state index >= 15 is 0 Å². The van der Waals surface area contributed by atoms with Gasteiger partial charge in [0.05, 0.1) is 0 Å². The Morgan fingerprint density at radius 3 is 2.82 bits per heavy atom. The Morgan fingerprint density at radius 2 is 2.24 bits per heavy atom. The minimum atomic E-state index is -3.59. The van der Waals surface area contributed by atoms with Crippen molar-refractivity contribution in [1.82, 2.24) is 14.9 Å². The van der Waals surface area contributed by atoms with Crippen molar-refractivity contribution in [3.8, 4) is 0 Å². The van der Waals surface area contributed by atoms with Crippen molar-refractivity contribution < 1.29 is 13.2 Å². The highest BCUT2D eigenvalue weighted by Crippen LogP contribution is 2.14. The van der Waals surface area contributed by atoms with Crippen molar-refractivity contribution in [2.75, 3.05) is 20.3 Å². The molecule has 0 atom stereocenters. The fourth-order valence-corrected chi connectivity index (χ4v) is 2.66. The SMILES string of the molecule is COCCCNS(=O)(=O)c1n[nH]c(C)c1CN. The molecule has 0 aliphatic rings. The van der Waals surface area contributed by atoms with Crippen molar-refractivity contribution in [2.45, 2.75) is 24.9 Å². The predicted molar refractivity (Wildman–Crippen MR) is 62.9 cm³/mol. The molecule has 0 fully saturated rings. The lowest BCUT2D eigenvalue weighted by molar-refractivity contribution is 0.196. The summed E-state index contributed by atoms with van der Waals surface area (Å²) in [4.78, 5) is 0. The van der Waals surface area contributed by atoms with Gasteiger partial charge in [0, 0.05) is 38.1 Å². The highest BCUT2D eigenvalue weighted by molar-refractivity contribution is 7.89. The standard InChI is InChI=1S/C9H18N4O3S/c1-7-8(6-10)9(13-12-7)17(14,15)11-4-3-5-16-2/h11H,3-6,10H2,1-2H3,(H,12,13). The van der Waals surface area contributed by atoms with Crippen LogP contribution in [0.1, 0.15) is 17.7 Å². The molecule has 0 aliphatic carbocycles. The zero-order valence-electron chi connectivity index (χ0n) is 9.99. The van der Waals surface area contributed by atoms with Gasteiger partial charge in [-0.15, -0.1) is 0 Å². The molecular formula is C9H18N4O3S. The Balaban J connectivity index is 2.75. The quantitative estimate of drug-likeness (QED) is 0.573. The second-order valence-electron chi connectivity index (χ2n) is 3.58. The van der Waals surface area contributed by atoms with Crippen LogP contribution in [-0.2, 0) is 21.3 Å². The third kappa shape index (κ3) is 3.50. The van der Waals surface area contributed by atoms with E-state index in [0.29, 0.717) is 30.8 Å². The molecule has 0 aromatic carbocycles. The minimum Gasteiger partial charge on any atom is -0.385 e. The van der Waals surface area contributed by atoms with Crippen LogP contribution in [0.25, 0.3) is 0 Å². The van der Waals surface area contributed by atoms with Crippen LogP contribution in [0.2, 0.25) is 0 Å². The van der Waals surface area contributed by atoms with Gasteiger partial charge in [0.2, 0.25) is 0 Å². The van der Waals surface area contributed by atoms with Gasteiger partial charge in [0.1, 0.15) is 0 Å². The molecule has 0 aliphatic heterocycles. The molecule has 1 rings (SSSR count). The molecule has 1 heterocycles. The van der Waals surface area contributed by atoms with Gasteiger partial charge < -0.3 is 10.5 Å². The summed E-state index contributed by atoms with van der Waals surface area (Å²) in [6, 6.07) is 0. The number of methoxy groups -OCH3 is 1. The van der Waals surface area contributed by atoms with Crippen LogP contribution in [-0.4, -0.2) is 38.9 Å². The van der Waals surface area contributed by atoms with Gasteiger partial charge in [-0.2, -0.15) is 5.10 Å². The number of H-pyrrole nitrogens is 1. The third-order valence-electron chi connectivity index (χ3n) is 2.31. The predicted octanol–water partition coefficient (Wildman–Crippen LogP) is -0.508. The van der Waals surface area contributed by atoms with Crippen molar-refractivity contribution in [2.24, 2.45) is 5.73 Å². The molecule has 7 nitrogen and oxygen atoms in total. The number of nitrogens with zero attached hydrogens (tertiary/aromatic N) is 1. The van der Waals surface area contributed by atoms with Gasteiger partial charge in [0.25, 0.3) is 10.0 Å². The Bertz CT molecular complexity index is 455. The Morgan fingerprint density at radius 1 is 1.53 bits per heavy atom. The number of ether oxygens (including phenoxy) is 1. The summed E-state index contributed by atoms with van der Waals surface area (Å²) in [5, 5.41) is 6.37. The van der Waals surface area contributed by atoms with E-state index in [9.17, 15) is 8.42 Å². The second kappa shape index (κ2) is 6.10. The normalized spacial score (nSPS) is 11.9. The number of nitrogens with two attached hydrogens (primary N) is 1. The first-order valence-corrected chi connectivity index (χ1v) is 6.73. The molecule has 98 valence electrons. The highest BCUT2D eigenvalue weighted by atomic mass is 32.2. The van der Waals surface area contributed by atoms with Gasteiger partial charge in [-0.1, -0.05) is 0 Å². The van der Waals surface area contributed by atoms with Crippen LogP contribution in [0.15, 0.2) is 5.03 Å². The largest absolute Gasteiger partial charge is 0.385 e. The van der Waals surface area contributed by atoms with Gasteiger partial charge in [0.15, 0.2) is 5.03 Å². The molecule has 0 radical (unpaired) electrons. The zero-order valence-corrected chi connectivity index (χ0v) is 10.8. The summed E-state index contributed by atoms with van der Waals surface area (Å²) < 4.78 is 31.1. The number of hydrogen-bond donors (Lipinski definition) is 3.